The Morgan fingerprint density at radius 1 is 1.29 bits per heavy atom. The van der Waals surface area contributed by atoms with Crippen LogP contribution in [0.5, 0.6) is 0 Å². The number of nitrogens with zero attached hydrogens (tertiary/aromatic N) is 2. The van der Waals surface area contributed by atoms with Crippen LogP contribution >= 0.6 is 11.6 Å². The summed E-state index contributed by atoms with van der Waals surface area (Å²) in [5, 5.41) is 0. The number of hydrogen-bond acceptors (Lipinski definition) is 2. The fourth-order valence-corrected chi connectivity index (χ4v) is 3.70. The van der Waals surface area contributed by atoms with Crippen molar-refractivity contribution in [3.05, 3.63) is 53.3 Å². The van der Waals surface area contributed by atoms with Crippen molar-refractivity contribution in [1.29, 1.82) is 0 Å². The molecule has 0 fully saturated rings. The lowest BCUT2D eigenvalue weighted by Gasteiger charge is -2.16. The summed E-state index contributed by atoms with van der Waals surface area (Å²) in [7, 11) is -0.131. The Morgan fingerprint density at radius 3 is 2.57 bits per heavy atom. The lowest BCUT2D eigenvalue weighted by Crippen LogP contribution is -2.26. The Bertz CT molecular complexity index is 738. The largest absolute Gasteiger partial charge is 0.352 e. The average Bonchev–Trinajstić information content (AvgIpc) is 2.80. The van der Waals surface area contributed by atoms with Crippen LogP contribution in [-0.2, 0) is 29.5 Å². The zero-order chi connectivity index (χ0) is 15.6. The SMILES string of the molecule is Cc1cccc(CN(C)S(=O)(=O)c2cc(CCl)n(C)c2)c1. The van der Waals surface area contributed by atoms with Gasteiger partial charge in [0.15, 0.2) is 0 Å². The van der Waals surface area contributed by atoms with Gasteiger partial charge in [-0.1, -0.05) is 29.8 Å². The Kier molecular flexibility index (Phi) is 4.76. The number of sulfonamides is 1. The molecule has 0 amide bonds. The quantitative estimate of drug-likeness (QED) is 0.793. The highest BCUT2D eigenvalue weighted by molar-refractivity contribution is 7.89. The lowest BCUT2D eigenvalue weighted by molar-refractivity contribution is 0.466. The molecule has 21 heavy (non-hydrogen) atoms. The number of rotatable bonds is 5. The molecule has 114 valence electrons. The lowest BCUT2D eigenvalue weighted by atomic mass is 10.1. The third kappa shape index (κ3) is 3.48. The third-order valence-corrected chi connectivity index (χ3v) is 5.46. The van der Waals surface area contributed by atoms with Crippen LogP contribution in [0.25, 0.3) is 0 Å². The van der Waals surface area contributed by atoms with Crippen LogP contribution in [0.15, 0.2) is 41.4 Å². The van der Waals surface area contributed by atoms with Gasteiger partial charge in [-0.3, -0.25) is 0 Å². The van der Waals surface area contributed by atoms with Gasteiger partial charge in [0.2, 0.25) is 10.0 Å². The second kappa shape index (κ2) is 6.22. The summed E-state index contributed by atoms with van der Waals surface area (Å²) in [5.74, 6) is 0.285. The molecule has 1 aromatic carbocycles. The third-order valence-electron chi connectivity index (χ3n) is 3.42. The second-order valence-corrected chi connectivity index (χ2v) is 7.47. The smallest absolute Gasteiger partial charge is 0.244 e. The van der Waals surface area contributed by atoms with E-state index in [-0.39, 0.29) is 10.8 Å². The molecule has 6 heteroatoms. The molecule has 4 nitrogen and oxygen atoms in total. The van der Waals surface area contributed by atoms with Crippen molar-refractivity contribution in [2.75, 3.05) is 7.05 Å². The molecule has 0 aliphatic heterocycles. The van der Waals surface area contributed by atoms with Crippen LogP contribution in [0, 0.1) is 6.92 Å². The van der Waals surface area contributed by atoms with E-state index in [1.807, 2.05) is 31.2 Å². The van der Waals surface area contributed by atoms with E-state index < -0.39 is 10.0 Å². The van der Waals surface area contributed by atoms with Gasteiger partial charge in [-0.15, -0.1) is 11.6 Å². The summed E-state index contributed by atoms with van der Waals surface area (Å²) in [4.78, 5) is 0.274. The first-order chi connectivity index (χ1) is 9.84. The molecule has 0 aliphatic rings. The number of halogens is 1. The number of alkyl halides is 1. The highest BCUT2D eigenvalue weighted by Crippen LogP contribution is 2.20. The number of benzene rings is 1. The minimum absolute atomic E-state index is 0.274. The van der Waals surface area contributed by atoms with E-state index in [0.29, 0.717) is 6.54 Å². The standard InChI is InChI=1S/C15H19ClN2O2S/c1-12-5-4-6-13(7-12)10-18(3)21(19,20)15-8-14(9-16)17(2)11-15/h4-8,11H,9-10H2,1-3H3. The van der Waals surface area contributed by atoms with Gasteiger partial charge in [0.05, 0.1) is 5.88 Å². The van der Waals surface area contributed by atoms with Gasteiger partial charge in [0.25, 0.3) is 0 Å². The van der Waals surface area contributed by atoms with Crippen LogP contribution < -0.4 is 0 Å². The predicted molar refractivity (Wildman–Crippen MR) is 84.8 cm³/mol. The molecule has 1 heterocycles. The number of aryl methyl sites for hydroxylation is 2. The van der Waals surface area contributed by atoms with Gasteiger partial charge < -0.3 is 4.57 Å². The molecule has 0 radical (unpaired) electrons. The Hall–Kier alpha value is -1.30. The molecule has 0 spiro atoms. The zero-order valence-corrected chi connectivity index (χ0v) is 13.9. The zero-order valence-electron chi connectivity index (χ0n) is 12.4. The van der Waals surface area contributed by atoms with Gasteiger partial charge in [-0.25, -0.2) is 8.42 Å². The van der Waals surface area contributed by atoms with Gasteiger partial charge in [0.1, 0.15) is 4.90 Å². The van der Waals surface area contributed by atoms with Crippen molar-refractivity contribution in [3.63, 3.8) is 0 Å². The number of aromatic nitrogens is 1. The average molecular weight is 327 g/mol. The topological polar surface area (TPSA) is 42.3 Å². The van der Waals surface area contributed by atoms with Crippen LogP contribution in [0.2, 0.25) is 0 Å². The van der Waals surface area contributed by atoms with Crippen LogP contribution in [-0.4, -0.2) is 24.3 Å². The summed E-state index contributed by atoms with van der Waals surface area (Å²) in [6.45, 7) is 2.33. The fourth-order valence-electron chi connectivity index (χ4n) is 2.18. The summed E-state index contributed by atoms with van der Waals surface area (Å²) in [6, 6.07) is 9.45. The van der Waals surface area contributed by atoms with E-state index in [4.69, 9.17) is 11.6 Å². The molecule has 0 N–H and O–H groups in total. The molecule has 0 atom stereocenters. The predicted octanol–water partition coefficient (Wildman–Crippen LogP) is 2.89. The minimum Gasteiger partial charge on any atom is -0.352 e. The highest BCUT2D eigenvalue weighted by atomic mass is 35.5. The summed E-state index contributed by atoms with van der Waals surface area (Å²) in [6.07, 6.45) is 1.60. The van der Waals surface area contributed by atoms with Gasteiger partial charge in [0, 0.05) is 32.5 Å². The first-order valence-electron chi connectivity index (χ1n) is 6.57. The Labute approximate surface area is 131 Å². The van der Waals surface area contributed by atoms with Gasteiger partial charge in [-0.05, 0) is 18.6 Å². The second-order valence-electron chi connectivity index (χ2n) is 5.16. The first kappa shape index (κ1) is 16.1. The van der Waals surface area contributed by atoms with E-state index in [0.717, 1.165) is 16.8 Å². The van der Waals surface area contributed by atoms with E-state index in [9.17, 15) is 8.42 Å². The maximum absolute atomic E-state index is 12.6. The van der Waals surface area contributed by atoms with E-state index in [1.54, 1.807) is 30.9 Å². The minimum atomic E-state index is -3.51. The first-order valence-corrected chi connectivity index (χ1v) is 8.55. The molecular weight excluding hydrogens is 308 g/mol. The molecule has 0 unspecified atom stereocenters. The summed E-state index contributed by atoms with van der Waals surface area (Å²) < 4.78 is 28.2. The number of hydrogen-bond donors (Lipinski definition) is 0. The highest BCUT2D eigenvalue weighted by Gasteiger charge is 2.23. The van der Waals surface area contributed by atoms with E-state index >= 15 is 0 Å². The summed E-state index contributed by atoms with van der Waals surface area (Å²) >= 11 is 5.79. The van der Waals surface area contributed by atoms with Crippen molar-refractivity contribution in [2.24, 2.45) is 7.05 Å². The molecule has 0 aliphatic carbocycles. The van der Waals surface area contributed by atoms with E-state index in [2.05, 4.69) is 0 Å². The van der Waals surface area contributed by atoms with Crippen LogP contribution in [0.3, 0.4) is 0 Å². The maximum Gasteiger partial charge on any atom is 0.244 e. The van der Waals surface area contributed by atoms with Crippen molar-refractivity contribution in [2.45, 2.75) is 24.2 Å². The normalized spacial score (nSPS) is 12.0. The molecule has 2 rings (SSSR count). The van der Waals surface area contributed by atoms with Gasteiger partial charge >= 0.3 is 0 Å². The molecule has 0 saturated heterocycles. The molecule has 0 saturated carbocycles. The van der Waals surface area contributed by atoms with Crippen molar-refractivity contribution < 1.29 is 8.42 Å². The van der Waals surface area contributed by atoms with Crippen molar-refractivity contribution >= 4 is 21.6 Å². The molecule has 2 aromatic rings. The molecule has 1 aromatic heterocycles. The van der Waals surface area contributed by atoms with Gasteiger partial charge in [-0.2, -0.15) is 4.31 Å². The maximum atomic E-state index is 12.6. The summed E-state index contributed by atoms with van der Waals surface area (Å²) in [5.41, 5.74) is 2.86. The monoisotopic (exact) mass is 326 g/mol. The van der Waals surface area contributed by atoms with Crippen molar-refractivity contribution in [3.8, 4) is 0 Å². The molecule has 0 bridgehead atoms. The molecular formula is C15H19ClN2O2S. The van der Waals surface area contributed by atoms with E-state index in [1.165, 1.54) is 4.31 Å². The Balaban J connectivity index is 2.26. The fraction of sp³-hybridized carbons (Fsp3) is 0.333. The van der Waals surface area contributed by atoms with Crippen LogP contribution in [0.1, 0.15) is 16.8 Å². The van der Waals surface area contributed by atoms with Crippen molar-refractivity contribution in [1.82, 2.24) is 8.87 Å². The van der Waals surface area contributed by atoms with Crippen LogP contribution in [0.4, 0.5) is 0 Å². The Morgan fingerprint density at radius 2 is 2.00 bits per heavy atom.